The highest BCUT2D eigenvalue weighted by molar-refractivity contribution is 6.60. The highest BCUT2D eigenvalue weighted by Crippen LogP contribution is 2.20. The van der Waals surface area contributed by atoms with E-state index in [0.717, 1.165) is 12.5 Å². The summed E-state index contributed by atoms with van der Waals surface area (Å²) in [5.41, 5.74) is 0. The van der Waals surface area contributed by atoms with Gasteiger partial charge in [-0.15, -0.1) is 0 Å². The van der Waals surface area contributed by atoms with E-state index in [9.17, 15) is 0 Å². The molecule has 0 unspecified atom stereocenters. The molecule has 0 spiro atoms. The number of aliphatic hydroxyl groups is 1. The van der Waals surface area contributed by atoms with Crippen molar-refractivity contribution in [2.45, 2.75) is 65.3 Å². The Morgan fingerprint density at radius 2 is 1.37 bits per heavy atom. The molecule has 1 N–H and O–H groups in total. The summed E-state index contributed by atoms with van der Waals surface area (Å²) in [6.45, 7) is 7.69. The molecule has 5 heteroatoms. The first-order chi connectivity index (χ1) is 9.24. The van der Waals surface area contributed by atoms with E-state index in [2.05, 4.69) is 6.92 Å². The monoisotopic (exact) mass is 292 g/mol. The summed E-state index contributed by atoms with van der Waals surface area (Å²) in [6, 6.07) is 0.862. The number of hydrogen-bond acceptors (Lipinski definition) is 4. The van der Waals surface area contributed by atoms with Crippen molar-refractivity contribution in [3.63, 3.8) is 0 Å². The molecule has 4 nitrogen and oxygen atoms in total. The van der Waals surface area contributed by atoms with Crippen LogP contribution in [0, 0.1) is 0 Å². The van der Waals surface area contributed by atoms with Gasteiger partial charge in [-0.05, 0) is 20.3 Å². The number of hydrogen-bond donors (Lipinski definition) is 1. The van der Waals surface area contributed by atoms with Crippen molar-refractivity contribution in [3.05, 3.63) is 0 Å². The van der Waals surface area contributed by atoms with Crippen LogP contribution in [0.25, 0.3) is 0 Å². The Morgan fingerprint density at radius 1 is 0.789 bits per heavy atom. The van der Waals surface area contributed by atoms with Gasteiger partial charge in [0.1, 0.15) is 0 Å². The molecule has 0 fully saturated rings. The minimum atomic E-state index is -2.54. The van der Waals surface area contributed by atoms with Crippen LogP contribution in [0.2, 0.25) is 6.04 Å². The number of unbranched alkanes of at least 4 members (excludes halogenated alkanes) is 5. The molecule has 0 aliphatic rings. The molecule has 0 saturated carbocycles. The maximum absolute atomic E-state index is 8.92. The molecular formula is C14H32O4Si. The van der Waals surface area contributed by atoms with Gasteiger partial charge in [0.05, 0.1) is 13.2 Å². The summed E-state index contributed by atoms with van der Waals surface area (Å²) in [4.78, 5) is 0. The third-order valence-corrected chi connectivity index (χ3v) is 6.05. The molecule has 0 aromatic carbocycles. The second-order valence-electron chi connectivity index (χ2n) is 4.64. The summed E-state index contributed by atoms with van der Waals surface area (Å²) in [6.07, 6.45) is 7.47. The predicted molar refractivity (Wildman–Crippen MR) is 80.2 cm³/mol. The van der Waals surface area contributed by atoms with Crippen molar-refractivity contribution in [1.29, 1.82) is 0 Å². The zero-order chi connectivity index (χ0) is 14.4. The second-order valence-corrected chi connectivity index (χ2v) is 7.37. The van der Waals surface area contributed by atoms with Crippen LogP contribution in [0.1, 0.15) is 59.3 Å². The van der Waals surface area contributed by atoms with Crippen LogP contribution in [0.4, 0.5) is 0 Å². The van der Waals surface area contributed by atoms with Crippen LogP contribution in [-0.4, -0.2) is 40.3 Å². The lowest BCUT2D eigenvalue weighted by Gasteiger charge is -2.28. The van der Waals surface area contributed by atoms with Crippen molar-refractivity contribution in [2.24, 2.45) is 0 Å². The fourth-order valence-electron chi connectivity index (χ4n) is 2.10. The smallest absolute Gasteiger partial charge is 0.394 e. The quantitative estimate of drug-likeness (QED) is 0.394. The van der Waals surface area contributed by atoms with Crippen LogP contribution in [0.15, 0.2) is 0 Å². The molecule has 0 rings (SSSR count). The lowest BCUT2D eigenvalue weighted by molar-refractivity contribution is 0.0528. The largest absolute Gasteiger partial charge is 0.501 e. The van der Waals surface area contributed by atoms with Gasteiger partial charge in [-0.3, -0.25) is 0 Å². The molecule has 116 valence electrons. The molecule has 0 bridgehead atoms. The summed E-state index contributed by atoms with van der Waals surface area (Å²) in [5, 5.41) is 8.92. The van der Waals surface area contributed by atoms with Gasteiger partial charge in [0.25, 0.3) is 0 Å². The van der Waals surface area contributed by atoms with Crippen LogP contribution in [-0.2, 0) is 13.3 Å². The van der Waals surface area contributed by atoms with E-state index < -0.39 is 8.80 Å². The first-order valence-corrected chi connectivity index (χ1v) is 9.70. The van der Waals surface area contributed by atoms with Gasteiger partial charge in [0.15, 0.2) is 0 Å². The Labute approximate surface area is 119 Å². The van der Waals surface area contributed by atoms with Crippen molar-refractivity contribution >= 4 is 8.80 Å². The second kappa shape index (κ2) is 13.1. The van der Waals surface area contributed by atoms with Crippen LogP contribution in [0.3, 0.4) is 0 Å². The van der Waals surface area contributed by atoms with Gasteiger partial charge in [-0.25, -0.2) is 0 Å². The van der Waals surface area contributed by atoms with Crippen LogP contribution < -0.4 is 0 Å². The SMILES string of the molecule is CCCCCCCC[Si](OCC)(OCC)OCCO. The van der Waals surface area contributed by atoms with Crippen molar-refractivity contribution < 1.29 is 18.4 Å². The van der Waals surface area contributed by atoms with E-state index in [1.165, 1.54) is 32.1 Å². The normalized spacial score (nSPS) is 12.0. The average Bonchev–Trinajstić information content (AvgIpc) is 2.41. The minimum absolute atomic E-state index is 0.0192. The lowest BCUT2D eigenvalue weighted by Crippen LogP contribution is -2.46. The van der Waals surface area contributed by atoms with Gasteiger partial charge in [0, 0.05) is 19.3 Å². The highest BCUT2D eigenvalue weighted by Gasteiger charge is 2.39. The molecule has 0 saturated heterocycles. The van der Waals surface area contributed by atoms with Gasteiger partial charge in [0.2, 0.25) is 0 Å². The first-order valence-electron chi connectivity index (χ1n) is 7.77. The zero-order valence-electron chi connectivity index (χ0n) is 13.0. The summed E-state index contributed by atoms with van der Waals surface area (Å²) in [5.74, 6) is 0. The van der Waals surface area contributed by atoms with E-state index in [1.54, 1.807) is 0 Å². The Kier molecular flexibility index (Phi) is 13.1. The molecule has 0 aliphatic heterocycles. The van der Waals surface area contributed by atoms with Crippen molar-refractivity contribution in [1.82, 2.24) is 0 Å². The van der Waals surface area contributed by atoms with E-state index in [1.807, 2.05) is 13.8 Å². The van der Waals surface area contributed by atoms with E-state index in [4.69, 9.17) is 18.4 Å². The van der Waals surface area contributed by atoms with Gasteiger partial charge in [-0.2, -0.15) is 0 Å². The van der Waals surface area contributed by atoms with E-state index in [0.29, 0.717) is 19.8 Å². The van der Waals surface area contributed by atoms with Gasteiger partial charge in [-0.1, -0.05) is 39.0 Å². The number of aliphatic hydroxyl groups excluding tert-OH is 1. The molecule has 0 aliphatic carbocycles. The van der Waals surface area contributed by atoms with Crippen molar-refractivity contribution in [2.75, 3.05) is 26.4 Å². The Balaban J connectivity index is 4.06. The Bertz CT molecular complexity index is 184. The number of rotatable bonds is 14. The minimum Gasteiger partial charge on any atom is -0.394 e. The van der Waals surface area contributed by atoms with Crippen LogP contribution >= 0.6 is 0 Å². The Hall–Kier alpha value is 0.0569. The topological polar surface area (TPSA) is 47.9 Å². The molecule has 0 amide bonds. The maximum atomic E-state index is 8.92. The standard InChI is InChI=1S/C14H32O4Si/c1-4-7-8-9-10-11-14-19(16-5-2,17-6-3)18-13-12-15/h15H,4-14H2,1-3H3. The molecule has 0 aromatic rings. The average molecular weight is 292 g/mol. The zero-order valence-corrected chi connectivity index (χ0v) is 14.0. The molecular weight excluding hydrogens is 260 g/mol. The third-order valence-electron chi connectivity index (χ3n) is 2.98. The van der Waals surface area contributed by atoms with Gasteiger partial charge < -0.3 is 18.4 Å². The first kappa shape index (κ1) is 19.1. The Morgan fingerprint density at radius 3 is 1.89 bits per heavy atom. The highest BCUT2D eigenvalue weighted by atomic mass is 28.4. The summed E-state index contributed by atoms with van der Waals surface area (Å²) < 4.78 is 17.3. The molecule has 0 heterocycles. The molecule has 0 aromatic heterocycles. The van der Waals surface area contributed by atoms with Crippen LogP contribution in [0.5, 0.6) is 0 Å². The van der Waals surface area contributed by atoms with Gasteiger partial charge >= 0.3 is 8.80 Å². The lowest BCUT2D eigenvalue weighted by atomic mass is 10.1. The fraction of sp³-hybridized carbons (Fsp3) is 1.00. The summed E-state index contributed by atoms with van der Waals surface area (Å²) >= 11 is 0. The van der Waals surface area contributed by atoms with E-state index >= 15 is 0 Å². The fourth-order valence-corrected chi connectivity index (χ4v) is 4.75. The maximum Gasteiger partial charge on any atom is 0.501 e. The molecule has 19 heavy (non-hydrogen) atoms. The van der Waals surface area contributed by atoms with E-state index in [-0.39, 0.29) is 6.61 Å². The molecule has 0 radical (unpaired) electrons. The summed E-state index contributed by atoms with van der Waals surface area (Å²) in [7, 11) is -2.54. The molecule has 0 atom stereocenters. The predicted octanol–water partition coefficient (Wildman–Crippen LogP) is 3.37. The third kappa shape index (κ3) is 9.57. The van der Waals surface area contributed by atoms with Crippen molar-refractivity contribution in [3.8, 4) is 0 Å².